The molecule has 0 aliphatic heterocycles. The number of hydrogen-bond donors (Lipinski definition) is 1. The zero-order chi connectivity index (χ0) is 17.1. The minimum atomic E-state index is -0.0592. The summed E-state index contributed by atoms with van der Waals surface area (Å²) in [6.45, 7) is 2.70. The van der Waals surface area contributed by atoms with Gasteiger partial charge in [-0.2, -0.15) is 0 Å². The van der Waals surface area contributed by atoms with Crippen LogP contribution in [0.3, 0.4) is 0 Å². The van der Waals surface area contributed by atoms with Crippen LogP contribution in [0.2, 0.25) is 0 Å². The van der Waals surface area contributed by atoms with Crippen LogP contribution in [0.15, 0.2) is 23.6 Å². The minimum absolute atomic E-state index is 0.0354. The number of hydrogen-bond acceptors (Lipinski definition) is 5. The number of benzene rings is 1. The summed E-state index contributed by atoms with van der Waals surface area (Å²) in [5, 5.41) is 6.75. The standard InChI is InChI=1S/C18H23N3O2S/c1-12-4-7-15(16(8-12)23-10-17(22)21(2)3)19-9-14-11-24-18(20-14)13-5-6-13/h4,7-8,11,13,19H,5-6,9-10H2,1-3H3. The lowest BCUT2D eigenvalue weighted by molar-refractivity contribution is -0.130. The van der Waals surface area contributed by atoms with Crippen LogP contribution >= 0.6 is 11.3 Å². The highest BCUT2D eigenvalue weighted by atomic mass is 32.1. The Bertz CT molecular complexity index is 723. The zero-order valence-corrected chi connectivity index (χ0v) is 15.2. The third-order valence-corrected chi connectivity index (χ3v) is 5.00. The number of thiazole rings is 1. The highest BCUT2D eigenvalue weighted by Crippen LogP contribution is 2.41. The maximum absolute atomic E-state index is 11.7. The molecule has 0 bridgehead atoms. The average Bonchev–Trinajstić information content (AvgIpc) is 3.30. The molecule has 1 amide bonds. The second kappa shape index (κ2) is 7.21. The molecule has 0 unspecified atom stereocenters. The molecular formula is C18H23N3O2S. The van der Waals surface area contributed by atoms with Crippen molar-refractivity contribution in [3.05, 3.63) is 39.8 Å². The van der Waals surface area contributed by atoms with Gasteiger partial charge in [0.2, 0.25) is 0 Å². The van der Waals surface area contributed by atoms with Gasteiger partial charge in [0.1, 0.15) is 5.75 Å². The first-order valence-corrected chi connectivity index (χ1v) is 9.02. The highest BCUT2D eigenvalue weighted by molar-refractivity contribution is 7.09. The maximum atomic E-state index is 11.7. The van der Waals surface area contributed by atoms with E-state index < -0.39 is 0 Å². The number of anilines is 1. The van der Waals surface area contributed by atoms with Gasteiger partial charge in [0.15, 0.2) is 6.61 Å². The van der Waals surface area contributed by atoms with E-state index in [1.807, 2.05) is 25.1 Å². The Morgan fingerprint density at radius 2 is 2.21 bits per heavy atom. The largest absolute Gasteiger partial charge is 0.482 e. The molecule has 5 nitrogen and oxygen atoms in total. The summed E-state index contributed by atoms with van der Waals surface area (Å²) >= 11 is 1.75. The summed E-state index contributed by atoms with van der Waals surface area (Å²) in [7, 11) is 3.45. The van der Waals surface area contributed by atoms with Gasteiger partial charge in [0, 0.05) is 25.4 Å². The van der Waals surface area contributed by atoms with Crippen LogP contribution in [0.1, 0.15) is 35.0 Å². The van der Waals surface area contributed by atoms with Crippen molar-refractivity contribution in [1.82, 2.24) is 9.88 Å². The third-order valence-electron chi connectivity index (χ3n) is 3.94. The number of carbonyl (C=O) groups excluding carboxylic acids is 1. The molecule has 1 aliphatic rings. The van der Waals surface area contributed by atoms with E-state index in [1.54, 1.807) is 25.4 Å². The molecule has 0 spiro atoms. The van der Waals surface area contributed by atoms with Crippen LogP contribution < -0.4 is 10.1 Å². The van der Waals surface area contributed by atoms with Gasteiger partial charge in [-0.05, 0) is 37.5 Å². The Morgan fingerprint density at radius 1 is 1.42 bits per heavy atom. The van der Waals surface area contributed by atoms with Crippen molar-refractivity contribution in [2.75, 3.05) is 26.0 Å². The molecule has 1 saturated carbocycles. The monoisotopic (exact) mass is 345 g/mol. The summed E-state index contributed by atoms with van der Waals surface area (Å²) in [4.78, 5) is 17.9. The normalized spacial score (nSPS) is 13.6. The molecule has 1 aliphatic carbocycles. The first kappa shape index (κ1) is 16.8. The summed E-state index contributed by atoms with van der Waals surface area (Å²) in [6, 6.07) is 5.96. The second-order valence-electron chi connectivity index (χ2n) is 6.38. The number of aryl methyl sites for hydroxylation is 1. The zero-order valence-electron chi connectivity index (χ0n) is 14.3. The van der Waals surface area contributed by atoms with E-state index in [0.717, 1.165) is 16.9 Å². The number of rotatable bonds is 7. The number of amides is 1. The lowest BCUT2D eigenvalue weighted by atomic mass is 10.2. The second-order valence-corrected chi connectivity index (χ2v) is 7.27. The predicted molar refractivity (Wildman–Crippen MR) is 96.8 cm³/mol. The lowest BCUT2D eigenvalue weighted by Crippen LogP contribution is -2.27. The van der Waals surface area contributed by atoms with E-state index >= 15 is 0 Å². The SMILES string of the molecule is Cc1ccc(NCc2csc(C3CC3)n2)c(OCC(=O)N(C)C)c1. The number of nitrogens with zero attached hydrogens (tertiary/aromatic N) is 2. The number of nitrogens with one attached hydrogen (secondary N) is 1. The van der Waals surface area contributed by atoms with Crippen LogP contribution in [0.4, 0.5) is 5.69 Å². The predicted octanol–water partition coefficient (Wildman–Crippen LogP) is 3.41. The van der Waals surface area contributed by atoms with Crippen LogP contribution in [-0.2, 0) is 11.3 Å². The Hall–Kier alpha value is -2.08. The van der Waals surface area contributed by atoms with E-state index in [2.05, 4.69) is 15.7 Å². The highest BCUT2D eigenvalue weighted by Gasteiger charge is 2.26. The minimum Gasteiger partial charge on any atom is -0.482 e. The van der Waals surface area contributed by atoms with Gasteiger partial charge in [-0.15, -0.1) is 11.3 Å². The van der Waals surface area contributed by atoms with E-state index in [0.29, 0.717) is 18.2 Å². The first-order valence-electron chi connectivity index (χ1n) is 8.14. The Labute approximate surface area is 146 Å². The van der Waals surface area contributed by atoms with E-state index in [9.17, 15) is 4.79 Å². The molecule has 0 atom stereocenters. The van der Waals surface area contributed by atoms with Gasteiger partial charge in [-0.1, -0.05) is 6.07 Å². The molecule has 2 aromatic rings. The van der Waals surface area contributed by atoms with Crippen molar-refractivity contribution in [2.45, 2.75) is 32.2 Å². The number of carbonyl (C=O) groups is 1. The number of ether oxygens (including phenoxy) is 1. The number of likely N-dealkylation sites (N-methyl/N-ethyl adjacent to an activating group) is 1. The van der Waals surface area contributed by atoms with Gasteiger partial charge < -0.3 is 15.0 Å². The van der Waals surface area contributed by atoms with Crippen molar-refractivity contribution in [2.24, 2.45) is 0 Å². The fraction of sp³-hybridized carbons (Fsp3) is 0.444. The molecule has 128 valence electrons. The smallest absolute Gasteiger partial charge is 0.259 e. The average molecular weight is 345 g/mol. The van der Waals surface area contributed by atoms with Gasteiger partial charge >= 0.3 is 0 Å². The Kier molecular flexibility index (Phi) is 5.04. The molecule has 24 heavy (non-hydrogen) atoms. The summed E-state index contributed by atoms with van der Waals surface area (Å²) < 4.78 is 5.71. The maximum Gasteiger partial charge on any atom is 0.259 e. The van der Waals surface area contributed by atoms with Crippen molar-refractivity contribution in [3.8, 4) is 5.75 Å². The van der Waals surface area contributed by atoms with Crippen LogP contribution in [-0.4, -0.2) is 36.5 Å². The molecule has 1 aromatic carbocycles. The van der Waals surface area contributed by atoms with Crippen LogP contribution in [0.25, 0.3) is 0 Å². The molecule has 0 saturated heterocycles. The lowest BCUT2D eigenvalue weighted by Gasteiger charge is -2.15. The molecule has 1 fully saturated rings. The summed E-state index contributed by atoms with van der Waals surface area (Å²) in [6.07, 6.45) is 2.55. The van der Waals surface area contributed by atoms with Gasteiger partial charge in [-0.3, -0.25) is 4.79 Å². The quantitative estimate of drug-likeness (QED) is 0.835. The molecule has 0 radical (unpaired) electrons. The first-order chi connectivity index (χ1) is 11.5. The van der Waals surface area contributed by atoms with Crippen LogP contribution in [0, 0.1) is 6.92 Å². The van der Waals surface area contributed by atoms with Gasteiger partial charge in [-0.25, -0.2) is 4.98 Å². The molecule has 1 N–H and O–H groups in total. The van der Waals surface area contributed by atoms with E-state index in [1.165, 1.54) is 22.7 Å². The summed E-state index contributed by atoms with van der Waals surface area (Å²) in [5.41, 5.74) is 3.03. The Balaban J connectivity index is 1.64. The van der Waals surface area contributed by atoms with Crippen molar-refractivity contribution in [1.29, 1.82) is 0 Å². The van der Waals surface area contributed by atoms with E-state index in [-0.39, 0.29) is 12.5 Å². The number of aromatic nitrogens is 1. The molecule has 3 rings (SSSR count). The van der Waals surface area contributed by atoms with Crippen molar-refractivity contribution in [3.63, 3.8) is 0 Å². The molecule has 6 heteroatoms. The molecular weight excluding hydrogens is 322 g/mol. The molecule has 1 heterocycles. The van der Waals surface area contributed by atoms with Crippen molar-refractivity contribution >= 4 is 22.9 Å². The Morgan fingerprint density at radius 3 is 2.92 bits per heavy atom. The fourth-order valence-electron chi connectivity index (χ4n) is 2.27. The van der Waals surface area contributed by atoms with Gasteiger partial charge in [0.05, 0.1) is 22.9 Å². The van der Waals surface area contributed by atoms with Crippen molar-refractivity contribution < 1.29 is 9.53 Å². The van der Waals surface area contributed by atoms with Crippen LogP contribution in [0.5, 0.6) is 5.75 Å². The fourth-order valence-corrected chi connectivity index (χ4v) is 3.26. The van der Waals surface area contributed by atoms with E-state index in [4.69, 9.17) is 4.74 Å². The molecule has 1 aromatic heterocycles. The summed E-state index contributed by atoms with van der Waals surface area (Å²) in [5.74, 6) is 1.33. The topological polar surface area (TPSA) is 54.5 Å². The van der Waals surface area contributed by atoms with Gasteiger partial charge in [0.25, 0.3) is 5.91 Å². The third kappa shape index (κ3) is 4.26.